The summed E-state index contributed by atoms with van der Waals surface area (Å²) in [6.07, 6.45) is 0.101. The van der Waals surface area contributed by atoms with Crippen molar-refractivity contribution in [1.29, 1.82) is 0 Å². The second kappa shape index (κ2) is 8.86. The summed E-state index contributed by atoms with van der Waals surface area (Å²) < 4.78 is 21.8. The van der Waals surface area contributed by atoms with Gasteiger partial charge in [0, 0.05) is 0 Å². The smallest absolute Gasteiger partial charge is 0.323 e. The summed E-state index contributed by atoms with van der Waals surface area (Å²) in [6, 6.07) is 9.06. The monoisotopic (exact) mass is 285 g/mol. The molecular weight excluding hydrogens is 265 g/mol. The quantitative estimate of drug-likeness (QED) is 0.586. The first kappa shape index (κ1) is 15.9. The second-order valence-corrected chi connectivity index (χ2v) is 5.44. The van der Waals surface area contributed by atoms with E-state index in [1.54, 1.807) is 13.8 Å². The third-order valence-electron chi connectivity index (χ3n) is 2.36. The predicted molar refractivity (Wildman–Crippen MR) is 74.3 cm³/mol. The third-order valence-corrected chi connectivity index (χ3v) is 3.58. The van der Waals surface area contributed by atoms with Gasteiger partial charge in [-0.25, -0.2) is 0 Å². The van der Waals surface area contributed by atoms with Crippen molar-refractivity contribution < 1.29 is 18.8 Å². The van der Waals surface area contributed by atoms with Gasteiger partial charge in [0.1, 0.15) is 12.4 Å². The van der Waals surface area contributed by atoms with Gasteiger partial charge < -0.3 is 14.0 Å². The van der Waals surface area contributed by atoms with Gasteiger partial charge >= 0.3 is 5.97 Å². The summed E-state index contributed by atoms with van der Waals surface area (Å²) in [5.74, 6) is -0.399. The first-order chi connectivity index (χ1) is 9.13. The van der Waals surface area contributed by atoms with Crippen LogP contribution >= 0.6 is 7.95 Å². The summed E-state index contributed by atoms with van der Waals surface area (Å²) in [4.78, 5) is 11.3. The molecular formula is C13H20NO4P. The van der Waals surface area contributed by atoms with E-state index in [1.165, 1.54) is 0 Å². The maximum absolute atomic E-state index is 11.7. The Morgan fingerprint density at radius 2 is 2.05 bits per heavy atom. The van der Waals surface area contributed by atoms with Crippen LogP contribution in [0.2, 0.25) is 0 Å². The summed E-state index contributed by atoms with van der Waals surface area (Å²) in [6.45, 7) is 4.08. The van der Waals surface area contributed by atoms with E-state index in [9.17, 15) is 9.36 Å². The molecule has 0 aromatic heterocycles. The van der Waals surface area contributed by atoms with Gasteiger partial charge in [-0.2, -0.15) is 0 Å². The average molecular weight is 285 g/mol. The summed E-state index contributed by atoms with van der Waals surface area (Å²) in [5.41, 5.74) is 1.02. The van der Waals surface area contributed by atoms with E-state index in [4.69, 9.17) is 9.47 Å². The largest absolute Gasteiger partial charge is 0.465 e. The molecule has 0 radical (unpaired) electrons. The van der Waals surface area contributed by atoms with Crippen LogP contribution in [-0.4, -0.2) is 25.0 Å². The molecule has 0 fully saturated rings. The van der Waals surface area contributed by atoms with Crippen LogP contribution < -0.4 is 5.09 Å². The molecule has 19 heavy (non-hydrogen) atoms. The van der Waals surface area contributed by atoms with Crippen molar-refractivity contribution in [2.75, 3.05) is 13.0 Å². The highest BCUT2D eigenvalue weighted by molar-refractivity contribution is 7.42. The molecule has 2 atom stereocenters. The van der Waals surface area contributed by atoms with E-state index in [0.29, 0.717) is 13.2 Å². The molecule has 1 rings (SSSR count). The van der Waals surface area contributed by atoms with Gasteiger partial charge in [-0.15, -0.1) is 0 Å². The number of carbonyl (C=O) groups excluding carboxylic acids is 1. The zero-order valence-electron chi connectivity index (χ0n) is 11.2. The topological polar surface area (TPSA) is 64.6 Å². The maximum atomic E-state index is 11.7. The van der Waals surface area contributed by atoms with Gasteiger partial charge in [-0.05, 0) is 19.4 Å². The molecule has 0 heterocycles. The lowest BCUT2D eigenvalue weighted by atomic mass is 10.2. The number of hydrogen-bond acceptors (Lipinski definition) is 4. The van der Waals surface area contributed by atoms with E-state index < -0.39 is 20.0 Å². The molecule has 5 nitrogen and oxygen atoms in total. The van der Waals surface area contributed by atoms with Gasteiger partial charge in [-0.3, -0.25) is 9.88 Å². The molecule has 0 aliphatic heterocycles. The highest BCUT2D eigenvalue weighted by atomic mass is 31.1. The first-order valence-electron chi connectivity index (χ1n) is 6.21. The fourth-order valence-corrected chi connectivity index (χ4v) is 2.42. The van der Waals surface area contributed by atoms with Crippen LogP contribution in [-0.2, 0) is 25.4 Å². The number of rotatable bonds is 8. The van der Waals surface area contributed by atoms with Crippen molar-refractivity contribution in [3.63, 3.8) is 0 Å². The minimum absolute atomic E-state index is 0.101. The number of benzene rings is 1. The molecule has 0 amide bonds. The van der Waals surface area contributed by atoms with E-state index >= 15 is 0 Å². The highest BCUT2D eigenvalue weighted by Gasteiger charge is 2.15. The Kier molecular flexibility index (Phi) is 7.41. The fourth-order valence-electron chi connectivity index (χ4n) is 1.45. The second-order valence-electron chi connectivity index (χ2n) is 4.02. The molecule has 0 saturated carbocycles. The summed E-state index contributed by atoms with van der Waals surface area (Å²) in [7, 11) is -2.14. The normalized spacial score (nSPS) is 13.8. The molecule has 0 aliphatic carbocycles. The molecule has 0 saturated heterocycles. The molecule has 1 aromatic carbocycles. The number of hydrogen-bond donors (Lipinski definition) is 1. The van der Waals surface area contributed by atoms with Crippen LogP contribution in [0.4, 0.5) is 0 Å². The lowest BCUT2D eigenvalue weighted by Gasteiger charge is -2.12. The Morgan fingerprint density at radius 1 is 1.37 bits per heavy atom. The van der Waals surface area contributed by atoms with Crippen LogP contribution in [0.3, 0.4) is 0 Å². The van der Waals surface area contributed by atoms with E-state index in [1.807, 2.05) is 30.3 Å². The van der Waals surface area contributed by atoms with Crippen LogP contribution in [0.5, 0.6) is 0 Å². The lowest BCUT2D eigenvalue weighted by Crippen LogP contribution is -2.31. The van der Waals surface area contributed by atoms with E-state index in [-0.39, 0.29) is 6.35 Å². The van der Waals surface area contributed by atoms with Crippen molar-refractivity contribution in [2.24, 2.45) is 0 Å². The number of esters is 1. The zero-order chi connectivity index (χ0) is 14.1. The minimum Gasteiger partial charge on any atom is -0.465 e. The van der Waals surface area contributed by atoms with E-state index in [0.717, 1.165) is 5.56 Å². The first-order valence-corrected chi connectivity index (χ1v) is 7.82. The molecule has 1 unspecified atom stereocenters. The minimum atomic E-state index is -2.14. The number of nitrogens with one attached hydrogen (secondary N) is 1. The SMILES string of the molecule is CCOC(=O)[C@H](C)N[PH](=O)COCc1ccccc1. The molecule has 1 N–H and O–H groups in total. The molecule has 1 aromatic rings. The molecule has 0 bridgehead atoms. The van der Waals surface area contributed by atoms with Crippen LogP contribution in [0.15, 0.2) is 30.3 Å². The van der Waals surface area contributed by atoms with Crippen LogP contribution in [0.25, 0.3) is 0 Å². The predicted octanol–water partition coefficient (Wildman–Crippen LogP) is 2.18. The van der Waals surface area contributed by atoms with Crippen LogP contribution in [0, 0.1) is 0 Å². The molecule has 0 aliphatic rings. The van der Waals surface area contributed by atoms with Crippen molar-refractivity contribution in [3.8, 4) is 0 Å². The molecule has 6 heteroatoms. The Morgan fingerprint density at radius 3 is 2.68 bits per heavy atom. The maximum Gasteiger partial charge on any atom is 0.323 e. The zero-order valence-corrected chi connectivity index (χ0v) is 12.2. The van der Waals surface area contributed by atoms with Gasteiger partial charge in [0.2, 0.25) is 0 Å². The van der Waals surface area contributed by atoms with Crippen molar-refractivity contribution in [3.05, 3.63) is 35.9 Å². The molecule has 106 valence electrons. The van der Waals surface area contributed by atoms with Crippen molar-refractivity contribution in [2.45, 2.75) is 26.5 Å². The Hall–Kier alpha value is -1.16. The Bertz CT molecular complexity index is 410. The van der Waals surface area contributed by atoms with Gasteiger partial charge in [0.05, 0.1) is 13.2 Å². The molecule has 0 spiro atoms. The van der Waals surface area contributed by atoms with Gasteiger partial charge in [0.25, 0.3) is 0 Å². The Labute approximate surface area is 114 Å². The van der Waals surface area contributed by atoms with Crippen molar-refractivity contribution in [1.82, 2.24) is 5.09 Å². The Balaban J connectivity index is 2.23. The highest BCUT2D eigenvalue weighted by Crippen LogP contribution is 2.17. The van der Waals surface area contributed by atoms with Crippen molar-refractivity contribution >= 4 is 13.9 Å². The number of ether oxygens (including phenoxy) is 2. The van der Waals surface area contributed by atoms with Gasteiger partial charge in [-0.1, -0.05) is 30.3 Å². The third kappa shape index (κ3) is 6.53. The lowest BCUT2D eigenvalue weighted by molar-refractivity contribution is -0.144. The fraction of sp³-hybridized carbons (Fsp3) is 0.462. The van der Waals surface area contributed by atoms with E-state index in [2.05, 4.69) is 5.09 Å². The standard InChI is InChI=1S/C13H20NO4P/c1-3-18-13(15)11(2)14-19(16)10-17-9-12-7-5-4-6-8-12/h4-8,11,19H,3,9-10H2,1-2H3,(H,14,16)/t11-/m0/s1. The average Bonchev–Trinajstić information content (AvgIpc) is 2.40. The number of carbonyl (C=O) groups is 1. The van der Waals surface area contributed by atoms with Crippen LogP contribution in [0.1, 0.15) is 19.4 Å². The van der Waals surface area contributed by atoms with Gasteiger partial charge in [0.15, 0.2) is 7.95 Å². The summed E-state index contributed by atoms with van der Waals surface area (Å²) >= 11 is 0. The summed E-state index contributed by atoms with van der Waals surface area (Å²) in [5, 5.41) is 2.70.